The second kappa shape index (κ2) is 12.3. The van der Waals surface area contributed by atoms with Crippen LogP contribution in [-0.4, -0.2) is 78.1 Å². The summed E-state index contributed by atoms with van der Waals surface area (Å²) in [4.78, 5) is 29.2. The summed E-state index contributed by atoms with van der Waals surface area (Å²) >= 11 is 0. The third-order valence-corrected chi connectivity index (χ3v) is 10.8. The van der Waals surface area contributed by atoms with E-state index in [1.54, 1.807) is 0 Å². The van der Waals surface area contributed by atoms with Crippen molar-refractivity contribution in [2.75, 3.05) is 19.7 Å². The van der Waals surface area contributed by atoms with Crippen molar-refractivity contribution in [3.8, 4) is 11.3 Å². The van der Waals surface area contributed by atoms with E-state index in [2.05, 4.69) is 20.3 Å². The molecule has 1 N–H and O–H groups in total. The van der Waals surface area contributed by atoms with Gasteiger partial charge in [-0.05, 0) is 57.1 Å². The summed E-state index contributed by atoms with van der Waals surface area (Å²) in [5.41, 5.74) is 3.04. The number of piperidine rings is 1. The number of aromatic nitrogens is 2. The fraction of sp³-hybridized carbons (Fsp3) is 0.607. The van der Waals surface area contributed by atoms with E-state index in [1.165, 1.54) is 30.5 Å². The van der Waals surface area contributed by atoms with Crippen LogP contribution in [0.15, 0.2) is 41.6 Å². The number of carbonyl (C=O) groups is 1. The molecule has 1 amide bonds. The Morgan fingerprint density at radius 1 is 1.02 bits per heavy atom. The summed E-state index contributed by atoms with van der Waals surface area (Å²) in [5.74, 6) is -5.58. The number of hydrogen-bond acceptors (Lipinski definition) is 8. The highest BCUT2D eigenvalue weighted by molar-refractivity contribution is 7.93. The second-order valence-electron chi connectivity index (χ2n) is 11.2. The molecule has 3 aliphatic rings. The summed E-state index contributed by atoms with van der Waals surface area (Å²) in [6.45, 7) is 1.39. The van der Waals surface area contributed by atoms with Gasteiger partial charge in [-0.15, -0.1) is 0 Å². The van der Waals surface area contributed by atoms with Gasteiger partial charge in [-0.2, -0.15) is 22.0 Å². The predicted octanol–water partition coefficient (Wildman–Crippen LogP) is 4.62. The molecule has 2 aliphatic heterocycles. The Labute approximate surface area is 246 Å². The lowest BCUT2D eigenvalue weighted by molar-refractivity contribution is -0.284. The molecule has 1 saturated carbocycles. The molecule has 9 nitrogen and oxygen atoms in total. The molecule has 1 unspecified atom stereocenters. The fourth-order valence-corrected chi connectivity index (χ4v) is 7.37. The number of hydrogen-bond donors (Lipinski definition) is 1. The monoisotopic (exact) mass is 632 g/mol. The molecule has 5 rings (SSSR count). The van der Waals surface area contributed by atoms with Crippen LogP contribution in [-0.2, 0) is 30.6 Å². The number of carbonyl (C=O) groups excluding carboxylic acids is 1. The van der Waals surface area contributed by atoms with Crippen LogP contribution in [0.3, 0.4) is 0 Å². The molecule has 1 aromatic carbocycles. The highest BCUT2D eigenvalue weighted by Gasteiger charge is 2.57. The molecule has 0 bridgehead atoms. The van der Waals surface area contributed by atoms with Crippen LogP contribution in [0.1, 0.15) is 57.1 Å². The molecular weight excluding hydrogens is 599 g/mol. The van der Waals surface area contributed by atoms with E-state index in [0.29, 0.717) is 37.7 Å². The Balaban J connectivity index is 1.30. The average molecular weight is 633 g/mol. The number of aryl methyl sites for hydroxylation is 1. The van der Waals surface area contributed by atoms with Crippen molar-refractivity contribution >= 4 is 15.7 Å². The van der Waals surface area contributed by atoms with Crippen molar-refractivity contribution in [2.45, 2.75) is 91.9 Å². The lowest BCUT2D eigenvalue weighted by Crippen LogP contribution is -2.58. The molecule has 15 heteroatoms. The first-order valence-electron chi connectivity index (χ1n) is 14.2. The van der Waals surface area contributed by atoms with Crippen LogP contribution in [0.4, 0.5) is 22.0 Å². The van der Waals surface area contributed by atoms with Crippen LogP contribution >= 0.6 is 0 Å². The molecule has 0 spiro atoms. The van der Waals surface area contributed by atoms with Crippen LogP contribution in [0, 0.1) is 0 Å². The van der Waals surface area contributed by atoms with Crippen molar-refractivity contribution in [3.63, 3.8) is 0 Å². The van der Waals surface area contributed by atoms with Crippen molar-refractivity contribution in [2.24, 2.45) is 0 Å². The number of likely N-dealkylation sites (tertiary alicyclic amines) is 1. The zero-order valence-corrected chi connectivity index (χ0v) is 24.1. The van der Waals surface area contributed by atoms with Gasteiger partial charge in [-0.3, -0.25) is 14.8 Å². The molecule has 1 aromatic heterocycles. The van der Waals surface area contributed by atoms with Crippen molar-refractivity contribution in [3.05, 3.63) is 42.4 Å². The number of rotatable bonds is 10. The summed E-state index contributed by atoms with van der Waals surface area (Å²) in [7, 11) is -4.20. The quantitative estimate of drug-likeness (QED) is 0.299. The van der Waals surface area contributed by atoms with E-state index in [1.807, 2.05) is 0 Å². The molecule has 2 aromatic rings. The van der Waals surface area contributed by atoms with Gasteiger partial charge < -0.3 is 9.64 Å². The van der Waals surface area contributed by atoms with Crippen molar-refractivity contribution in [1.82, 2.24) is 20.3 Å². The van der Waals surface area contributed by atoms with E-state index in [9.17, 15) is 35.2 Å². The SMILES string of the molecule is O=C(NOC1CCCCO1)C1(S(=O)(=O)c2ccc(-c3cnc(CCC(F)(F)C(F)(F)F)cn3)cc2)CCN(C2CC2)CC1. The Morgan fingerprint density at radius 2 is 1.72 bits per heavy atom. The highest BCUT2D eigenvalue weighted by Crippen LogP contribution is 2.40. The summed E-state index contributed by atoms with van der Waals surface area (Å²) in [6, 6.07) is 6.09. The van der Waals surface area contributed by atoms with Crippen molar-refractivity contribution < 1.29 is 44.7 Å². The van der Waals surface area contributed by atoms with Crippen LogP contribution in [0.2, 0.25) is 0 Å². The number of ether oxygens (including phenoxy) is 1. The molecule has 3 fully saturated rings. The Bertz CT molecular complexity index is 1370. The molecule has 1 atom stereocenters. The Hall–Kier alpha value is -2.75. The molecule has 1 aliphatic carbocycles. The molecule has 43 heavy (non-hydrogen) atoms. The first kappa shape index (κ1) is 31.7. The maximum Gasteiger partial charge on any atom is 0.453 e. The van der Waals surface area contributed by atoms with Gasteiger partial charge in [0.15, 0.2) is 20.9 Å². The third-order valence-electron chi connectivity index (χ3n) is 8.29. The van der Waals surface area contributed by atoms with Gasteiger partial charge in [0.05, 0.1) is 22.5 Å². The third kappa shape index (κ3) is 6.84. The smallest absolute Gasteiger partial charge is 0.350 e. The average Bonchev–Trinajstić information content (AvgIpc) is 3.85. The number of hydroxylamine groups is 1. The number of alkyl halides is 5. The Kier molecular flexibility index (Phi) is 9.08. The summed E-state index contributed by atoms with van der Waals surface area (Å²) < 4.78 is 95.6. The standard InChI is InChI=1S/C28H33F5N4O5S/c29-27(30,28(31,32)33)11-10-20-17-35-23(18-34-20)19-4-8-22(9-5-19)43(39,40)26(12-14-37(15-13-26)21-6-7-21)25(38)36-42-24-3-1-2-16-41-24/h4-5,8-9,17-18,21,24H,1-3,6-7,10-16H2,(H,36,38). The lowest BCUT2D eigenvalue weighted by Gasteiger charge is -2.40. The predicted molar refractivity (Wildman–Crippen MR) is 143 cm³/mol. The minimum atomic E-state index is -5.65. The van der Waals surface area contributed by atoms with Gasteiger partial charge in [0.1, 0.15) is 0 Å². The van der Waals surface area contributed by atoms with E-state index in [4.69, 9.17) is 9.57 Å². The maximum absolute atomic E-state index is 14.1. The van der Waals surface area contributed by atoms with E-state index in [0.717, 1.165) is 31.9 Å². The minimum Gasteiger partial charge on any atom is -0.350 e. The normalized spacial score (nSPS) is 21.8. The minimum absolute atomic E-state index is 0.0433. The zero-order valence-electron chi connectivity index (χ0n) is 23.3. The first-order valence-corrected chi connectivity index (χ1v) is 15.7. The number of sulfone groups is 1. The van der Waals surface area contributed by atoms with Gasteiger partial charge in [0.25, 0.3) is 5.91 Å². The van der Waals surface area contributed by atoms with Crippen LogP contribution in [0.25, 0.3) is 11.3 Å². The molecule has 3 heterocycles. The largest absolute Gasteiger partial charge is 0.453 e. The van der Waals surface area contributed by atoms with Crippen molar-refractivity contribution in [1.29, 1.82) is 0 Å². The van der Waals surface area contributed by atoms with E-state index >= 15 is 0 Å². The van der Waals surface area contributed by atoms with Gasteiger partial charge >= 0.3 is 12.1 Å². The van der Waals surface area contributed by atoms with Gasteiger partial charge in [-0.1, -0.05) is 12.1 Å². The van der Waals surface area contributed by atoms with E-state index in [-0.39, 0.29) is 29.1 Å². The highest BCUT2D eigenvalue weighted by atomic mass is 32.2. The first-order chi connectivity index (χ1) is 20.3. The van der Waals surface area contributed by atoms with Gasteiger partial charge in [0.2, 0.25) is 0 Å². The second-order valence-corrected chi connectivity index (χ2v) is 13.5. The number of halogens is 5. The molecule has 2 saturated heterocycles. The van der Waals surface area contributed by atoms with Crippen LogP contribution < -0.4 is 5.48 Å². The molecule has 236 valence electrons. The maximum atomic E-state index is 14.1. The number of nitrogens with zero attached hydrogens (tertiary/aromatic N) is 3. The van der Waals surface area contributed by atoms with E-state index < -0.39 is 51.7 Å². The number of nitrogens with one attached hydrogen (secondary N) is 1. The number of benzene rings is 1. The Morgan fingerprint density at radius 3 is 2.28 bits per heavy atom. The lowest BCUT2D eigenvalue weighted by atomic mass is 9.94. The van der Waals surface area contributed by atoms with Gasteiger partial charge in [0, 0.05) is 50.3 Å². The zero-order chi connectivity index (χ0) is 30.9. The summed E-state index contributed by atoms with van der Waals surface area (Å²) in [5, 5.41) is 0. The van der Waals surface area contributed by atoms with Crippen LogP contribution in [0.5, 0.6) is 0 Å². The molecular formula is C28H33F5N4O5S. The van der Waals surface area contributed by atoms with Gasteiger partial charge in [-0.25, -0.2) is 18.7 Å². The number of amides is 1. The topological polar surface area (TPSA) is 111 Å². The summed E-state index contributed by atoms with van der Waals surface area (Å²) in [6.07, 6.45) is -1.41. The molecule has 0 radical (unpaired) electrons. The fourth-order valence-electron chi connectivity index (χ4n) is 5.41.